The van der Waals surface area contributed by atoms with Crippen LogP contribution in [-0.4, -0.2) is 23.1 Å². The number of pyridine rings is 1. The quantitative estimate of drug-likeness (QED) is 0.849. The van der Waals surface area contributed by atoms with Crippen molar-refractivity contribution >= 4 is 32.5 Å². The van der Waals surface area contributed by atoms with E-state index in [1.54, 1.807) is 6.20 Å². The Kier molecular flexibility index (Phi) is 2.72. The van der Waals surface area contributed by atoms with Crippen LogP contribution in [-0.2, 0) is 0 Å². The molecule has 3 heterocycles. The number of rotatable bonds is 1. The second kappa shape index (κ2) is 4.23. The number of halogens is 2. The lowest BCUT2D eigenvalue weighted by molar-refractivity contribution is 0.552. The number of aromatic amines is 1. The van der Waals surface area contributed by atoms with Crippen molar-refractivity contribution in [3.05, 3.63) is 34.3 Å². The molecule has 0 saturated carbocycles. The predicted octanol–water partition coefficient (Wildman–Crippen LogP) is 3.00. The fourth-order valence-electron chi connectivity index (χ4n) is 2.16. The maximum Gasteiger partial charge on any atom is 0.137 e. The topological polar surface area (TPSA) is 40.7 Å². The molecule has 0 radical (unpaired) electrons. The van der Waals surface area contributed by atoms with Gasteiger partial charge in [-0.15, -0.1) is 0 Å². The van der Waals surface area contributed by atoms with E-state index in [2.05, 4.69) is 31.2 Å². The van der Waals surface area contributed by atoms with Crippen LogP contribution in [0.5, 0.6) is 0 Å². The molecule has 88 valence electrons. The van der Waals surface area contributed by atoms with E-state index < -0.39 is 0 Å². The standard InChI is InChI=1S/C12H11BrFN3/c13-7-3-9-10(5-17-12(9)16-4-7)8-1-2-15-6-11(8)14/h3-5,15H,1-2,6H2,(H,16,17). The molecule has 17 heavy (non-hydrogen) atoms. The molecule has 0 atom stereocenters. The van der Waals surface area contributed by atoms with Gasteiger partial charge >= 0.3 is 0 Å². The third-order valence-corrected chi connectivity index (χ3v) is 3.42. The van der Waals surface area contributed by atoms with Gasteiger partial charge in [0.2, 0.25) is 0 Å². The Morgan fingerprint density at radius 1 is 1.41 bits per heavy atom. The van der Waals surface area contributed by atoms with Gasteiger partial charge in [0.25, 0.3) is 0 Å². The zero-order valence-electron chi connectivity index (χ0n) is 9.06. The van der Waals surface area contributed by atoms with Crippen molar-refractivity contribution < 1.29 is 4.39 Å². The van der Waals surface area contributed by atoms with E-state index in [0.29, 0.717) is 13.0 Å². The Hall–Kier alpha value is -1.20. The van der Waals surface area contributed by atoms with Crippen LogP contribution < -0.4 is 5.32 Å². The lowest BCUT2D eigenvalue weighted by Crippen LogP contribution is -2.23. The summed E-state index contributed by atoms with van der Waals surface area (Å²) in [6.07, 6.45) is 4.28. The Labute approximate surface area is 106 Å². The maximum absolute atomic E-state index is 13.8. The number of H-pyrrole nitrogens is 1. The number of aromatic nitrogens is 2. The monoisotopic (exact) mass is 295 g/mol. The lowest BCUT2D eigenvalue weighted by atomic mass is 10.00. The van der Waals surface area contributed by atoms with E-state index in [0.717, 1.165) is 33.2 Å². The average Bonchev–Trinajstić information content (AvgIpc) is 2.72. The van der Waals surface area contributed by atoms with E-state index in [1.807, 2.05) is 12.3 Å². The van der Waals surface area contributed by atoms with E-state index >= 15 is 0 Å². The molecule has 0 spiro atoms. The molecule has 2 aromatic heterocycles. The summed E-state index contributed by atoms with van der Waals surface area (Å²) in [4.78, 5) is 7.34. The van der Waals surface area contributed by atoms with Gasteiger partial charge in [0.1, 0.15) is 11.5 Å². The molecule has 0 bridgehead atoms. The molecule has 0 amide bonds. The molecule has 0 unspecified atom stereocenters. The summed E-state index contributed by atoms with van der Waals surface area (Å²) in [7, 11) is 0. The first-order valence-electron chi connectivity index (χ1n) is 5.47. The molecule has 1 aliphatic rings. The molecule has 2 aromatic rings. The van der Waals surface area contributed by atoms with Crippen LogP contribution in [0.15, 0.2) is 28.8 Å². The number of hydrogen-bond donors (Lipinski definition) is 2. The lowest BCUT2D eigenvalue weighted by Gasteiger charge is -2.15. The molecule has 0 fully saturated rings. The van der Waals surface area contributed by atoms with E-state index in [4.69, 9.17) is 0 Å². The molecule has 0 aliphatic carbocycles. The summed E-state index contributed by atoms with van der Waals surface area (Å²) in [5.41, 5.74) is 2.50. The van der Waals surface area contributed by atoms with Gasteiger partial charge in [0.15, 0.2) is 0 Å². The minimum atomic E-state index is -0.0721. The summed E-state index contributed by atoms with van der Waals surface area (Å²) in [6.45, 7) is 1.14. The molecule has 2 N–H and O–H groups in total. The normalized spacial score (nSPS) is 16.8. The summed E-state index contributed by atoms with van der Waals surface area (Å²) in [6, 6.07) is 1.97. The van der Waals surface area contributed by atoms with Crippen LogP contribution in [0.2, 0.25) is 0 Å². The average molecular weight is 296 g/mol. The largest absolute Gasteiger partial charge is 0.346 e. The highest BCUT2D eigenvalue weighted by Crippen LogP contribution is 2.31. The SMILES string of the molecule is FC1=C(c2c[nH]c3ncc(Br)cc23)CCNC1. The van der Waals surface area contributed by atoms with Crippen molar-refractivity contribution in [3.8, 4) is 0 Å². The van der Waals surface area contributed by atoms with Crippen LogP contribution in [0.1, 0.15) is 12.0 Å². The van der Waals surface area contributed by atoms with Gasteiger partial charge in [-0.3, -0.25) is 0 Å². The predicted molar refractivity (Wildman–Crippen MR) is 69.3 cm³/mol. The fourth-order valence-corrected chi connectivity index (χ4v) is 2.49. The summed E-state index contributed by atoms with van der Waals surface area (Å²) < 4.78 is 14.7. The molecule has 3 nitrogen and oxygen atoms in total. The van der Waals surface area contributed by atoms with Crippen LogP contribution >= 0.6 is 15.9 Å². The smallest absolute Gasteiger partial charge is 0.137 e. The molecule has 3 rings (SSSR count). The Morgan fingerprint density at radius 2 is 2.29 bits per heavy atom. The second-order valence-corrected chi connectivity index (χ2v) is 4.98. The van der Waals surface area contributed by atoms with Crippen molar-refractivity contribution in [2.45, 2.75) is 6.42 Å². The highest BCUT2D eigenvalue weighted by Gasteiger charge is 2.17. The van der Waals surface area contributed by atoms with Gasteiger partial charge in [0, 0.05) is 34.4 Å². The highest BCUT2D eigenvalue weighted by molar-refractivity contribution is 9.10. The molecule has 1 aliphatic heterocycles. The Bertz CT molecular complexity index is 603. The minimum absolute atomic E-state index is 0.0721. The first-order valence-corrected chi connectivity index (χ1v) is 6.26. The van der Waals surface area contributed by atoms with E-state index in [-0.39, 0.29) is 5.83 Å². The van der Waals surface area contributed by atoms with Crippen molar-refractivity contribution in [2.75, 3.05) is 13.1 Å². The van der Waals surface area contributed by atoms with E-state index in [1.165, 1.54) is 0 Å². The van der Waals surface area contributed by atoms with Crippen molar-refractivity contribution in [1.29, 1.82) is 0 Å². The first kappa shape index (κ1) is 10.9. The van der Waals surface area contributed by atoms with Crippen molar-refractivity contribution in [2.24, 2.45) is 0 Å². The van der Waals surface area contributed by atoms with Crippen LogP contribution in [0.25, 0.3) is 16.6 Å². The van der Waals surface area contributed by atoms with Crippen molar-refractivity contribution in [3.63, 3.8) is 0 Å². The van der Waals surface area contributed by atoms with Crippen molar-refractivity contribution in [1.82, 2.24) is 15.3 Å². The number of hydrogen-bond acceptors (Lipinski definition) is 2. The summed E-state index contributed by atoms with van der Waals surface area (Å²) in [5, 5.41) is 3.98. The zero-order valence-corrected chi connectivity index (χ0v) is 10.6. The van der Waals surface area contributed by atoms with Gasteiger partial charge in [-0.2, -0.15) is 0 Å². The third kappa shape index (κ3) is 1.89. The number of nitrogens with one attached hydrogen (secondary N) is 2. The zero-order chi connectivity index (χ0) is 11.8. The maximum atomic E-state index is 13.8. The highest BCUT2D eigenvalue weighted by atomic mass is 79.9. The van der Waals surface area contributed by atoms with Gasteiger partial charge in [-0.1, -0.05) is 0 Å². The number of nitrogens with zero attached hydrogens (tertiary/aromatic N) is 1. The second-order valence-electron chi connectivity index (χ2n) is 4.06. The molecular weight excluding hydrogens is 285 g/mol. The first-order chi connectivity index (χ1) is 8.25. The van der Waals surface area contributed by atoms with Gasteiger partial charge in [-0.25, -0.2) is 9.37 Å². The minimum Gasteiger partial charge on any atom is -0.346 e. The third-order valence-electron chi connectivity index (χ3n) is 2.98. The van der Waals surface area contributed by atoms with Gasteiger partial charge in [-0.05, 0) is 40.5 Å². The fraction of sp³-hybridized carbons (Fsp3) is 0.250. The van der Waals surface area contributed by atoms with Gasteiger partial charge < -0.3 is 10.3 Å². The molecule has 0 aromatic carbocycles. The Balaban J connectivity index is 2.20. The molecular formula is C12H11BrFN3. The number of fused-ring (bicyclic) bond motifs is 1. The summed E-state index contributed by atoms with van der Waals surface area (Å²) in [5.74, 6) is -0.0721. The van der Waals surface area contributed by atoms with Crippen LogP contribution in [0, 0.1) is 0 Å². The van der Waals surface area contributed by atoms with Gasteiger partial charge in [0.05, 0.1) is 0 Å². The summed E-state index contributed by atoms with van der Waals surface area (Å²) >= 11 is 3.39. The molecule has 5 heteroatoms. The van der Waals surface area contributed by atoms with Crippen LogP contribution in [0.4, 0.5) is 4.39 Å². The van der Waals surface area contributed by atoms with Crippen LogP contribution in [0.3, 0.4) is 0 Å². The van der Waals surface area contributed by atoms with E-state index in [9.17, 15) is 4.39 Å². The Morgan fingerprint density at radius 3 is 3.12 bits per heavy atom. The molecule has 0 saturated heterocycles.